The van der Waals surface area contributed by atoms with Gasteiger partial charge in [-0.1, -0.05) is 23.7 Å². The van der Waals surface area contributed by atoms with Gasteiger partial charge in [-0.2, -0.15) is 0 Å². The van der Waals surface area contributed by atoms with E-state index in [1.165, 1.54) is 12.1 Å². The van der Waals surface area contributed by atoms with Crippen LogP contribution in [0.25, 0.3) is 0 Å². The van der Waals surface area contributed by atoms with E-state index in [2.05, 4.69) is 4.72 Å². The minimum Gasteiger partial charge on any atom is -0.378 e. The molecule has 0 aliphatic carbocycles. The number of hydrogen-bond donors (Lipinski definition) is 1. The quantitative estimate of drug-likeness (QED) is 0.842. The molecule has 27 heavy (non-hydrogen) atoms. The fraction of sp³-hybridized carbons (Fsp3) is 0.316. The number of benzene rings is 2. The molecule has 1 amide bonds. The maximum absolute atomic E-state index is 12.8. The second-order valence-corrected chi connectivity index (χ2v) is 8.54. The van der Waals surface area contributed by atoms with Crippen molar-refractivity contribution in [2.75, 3.05) is 31.0 Å². The lowest BCUT2D eigenvalue weighted by atomic mass is 10.1. The molecule has 1 saturated heterocycles. The van der Waals surface area contributed by atoms with Crippen molar-refractivity contribution in [3.63, 3.8) is 0 Å². The molecule has 0 unspecified atom stereocenters. The third-order valence-electron chi connectivity index (χ3n) is 4.47. The highest BCUT2D eigenvalue weighted by molar-refractivity contribution is 7.92. The van der Waals surface area contributed by atoms with Gasteiger partial charge in [0.1, 0.15) is 0 Å². The van der Waals surface area contributed by atoms with Crippen LogP contribution in [0.4, 0.5) is 5.69 Å². The van der Waals surface area contributed by atoms with Gasteiger partial charge in [0.05, 0.1) is 23.8 Å². The first kappa shape index (κ1) is 19.7. The highest BCUT2D eigenvalue weighted by Gasteiger charge is 2.23. The van der Waals surface area contributed by atoms with Crippen LogP contribution in [0.3, 0.4) is 0 Å². The Morgan fingerprint density at radius 3 is 2.41 bits per heavy atom. The van der Waals surface area contributed by atoms with Crippen LogP contribution in [-0.2, 0) is 14.8 Å². The summed E-state index contributed by atoms with van der Waals surface area (Å²) in [6, 6.07) is 9.50. The van der Waals surface area contributed by atoms with Gasteiger partial charge in [0.15, 0.2) is 0 Å². The number of morpholine rings is 1. The van der Waals surface area contributed by atoms with E-state index in [1.807, 2.05) is 6.92 Å². The Morgan fingerprint density at radius 1 is 1.07 bits per heavy atom. The smallest absolute Gasteiger partial charge is 0.261 e. The molecule has 0 spiro atoms. The second kappa shape index (κ2) is 7.88. The van der Waals surface area contributed by atoms with Crippen LogP contribution in [0.1, 0.15) is 21.5 Å². The molecule has 3 rings (SSSR count). The number of carbonyl (C=O) groups excluding carboxylic acids is 1. The number of halogens is 1. The predicted molar refractivity (Wildman–Crippen MR) is 105 cm³/mol. The van der Waals surface area contributed by atoms with Crippen molar-refractivity contribution in [1.82, 2.24) is 4.90 Å². The van der Waals surface area contributed by atoms with Crippen molar-refractivity contribution in [3.05, 3.63) is 58.1 Å². The van der Waals surface area contributed by atoms with Gasteiger partial charge >= 0.3 is 0 Å². The molecule has 1 N–H and O–H groups in total. The molecule has 1 heterocycles. The number of rotatable bonds is 4. The molecule has 2 aromatic rings. The summed E-state index contributed by atoms with van der Waals surface area (Å²) in [5, 5.41) is 0.474. The first-order valence-electron chi connectivity index (χ1n) is 8.54. The Balaban J connectivity index is 1.89. The number of nitrogens with zero attached hydrogens (tertiary/aromatic N) is 1. The number of sulfonamides is 1. The largest absolute Gasteiger partial charge is 0.378 e. The molecule has 0 radical (unpaired) electrons. The lowest BCUT2D eigenvalue weighted by Crippen LogP contribution is -2.41. The summed E-state index contributed by atoms with van der Waals surface area (Å²) in [5.41, 5.74) is 2.33. The maximum atomic E-state index is 12.8. The van der Waals surface area contributed by atoms with Crippen molar-refractivity contribution in [2.45, 2.75) is 18.7 Å². The monoisotopic (exact) mass is 408 g/mol. The first-order chi connectivity index (χ1) is 12.8. The van der Waals surface area contributed by atoms with Crippen molar-refractivity contribution < 1.29 is 17.9 Å². The molecule has 0 aromatic heterocycles. The minimum absolute atomic E-state index is 0.0291. The van der Waals surface area contributed by atoms with Crippen molar-refractivity contribution in [1.29, 1.82) is 0 Å². The summed E-state index contributed by atoms with van der Waals surface area (Å²) in [7, 11) is -3.85. The topological polar surface area (TPSA) is 75.7 Å². The van der Waals surface area contributed by atoms with Crippen LogP contribution >= 0.6 is 11.6 Å². The van der Waals surface area contributed by atoms with Crippen LogP contribution in [0, 0.1) is 13.8 Å². The van der Waals surface area contributed by atoms with Gasteiger partial charge in [0, 0.05) is 23.7 Å². The number of anilines is 1. The molecule has 6 nitrogen and oxygen atoms in total. The fourth-order valence-electron chi connectivity index (χ4n) is 2.81. The van der Waals surface area contributed by atoms with Crippen LogP contribution in [0.5, 0.6) is 0 Å². The molecule has 1 fully saturated rings. The zero-order chi connectivity index (χ0) is 19.6. The SMILES string of the molecule is Cc1ccc(NS(=O)(=O)c2ccc(C)c(C(=O)N3CCOCC3)c2)cc1Cl. The molecule has 8 heteroatoms. The van der Waals surface area contributed by atoms with E-state index in [9.17, 15) is 13.2 Å². The van der Waals surface area contributed by atoms with Gasteiger partial charge in [0.25, 0.3) is 15.9 Å². The summed E-state index contributed by atoms with van der Waals surface area (Å²) in [6.45, 7) is 5.59. The van der Waals surface area contributed by atoms with E-state index in [0.29, 0.717) is 42.6 Å². The van der Waals surface area contributed by atoms with E-state index >= 15 is 0 Å². The summed E-state index contributed by atoms with van der Waals surface area (Å²) in [6.07, 6.45) is 0. The van der Waals surface area contributed by atoms with Crippen molar-refractivity contribution in [2.24, 2.45) is 0 Å². The molecule has 2 aromatic carbocycles. The highest BCUT2D eigenvalue weighted by atomic mass is 35.5. The highest BCUT2D eigenvalue weighted by Crippen LogP contribution is 2.24. The normalized spacial score (nSPS) is 14.9. The molecular weight excluding hydrogens is 388 g/mol. The van der Waals surface area contributed by atoms with E-state index < -0.39 is 10.0 Å². The molecule has 0 bridgehead atoms. The zero-order valence-electron chi connectivity index (χ0n) is 15.2. The molecular formula is C19H21ClN2O4S. The first-order valence-corrected chi connectivity index (χ1v) is 10.4. The summed E-state index contributed by atoms with van der Waals surface area (Å²) < 4.78 is 33.3. The molecule has 1 aliphatic heterocycles. The molecule has 0 atom stereocenters. The predicted octanol–water partition coefficient (Wildman–Crippen LogP) is 3.23. The lowest BCUT2D eigenvalue weighted by Gasteiger charge is -2.27. The van der Waals surface area contributed by atoms with Crippen LogP contribution < -0.4 is 4.72 Å². The lowest BCUT2D eigenvalue weighted by molar-refractivity contribution is 0.0302. The average Bonchev–Trinajstić information content (AvgIpc) is 2.65. The Hall–Kier alpha value is -2.09. The molecule has 1 aliphatic rings. The van der Waals surface area contributed by atoms with Gasteiger partial charge in [-0.3, -0.25) is 9.52 Å². The zero-order valence-corrected chi connectivity index (χ0v) is 16.7. The number of ether oxygens (including phenoxy) is 1. The van der Waals surface area contributed by atoms with Crippen molar-refractivity contribution in [3.8, 4) is 0 Å². The fourth-order valence-corrected chi connectivity index (χ4v) is 4.06. The average molecular weight is 409 g/mol. The number of hydrogen-bond acceptors (Lipinski definition) is 4. The van der Waals surface area contributed by atoms with Gasteiger partial charge in [-0.25, -0.2) is 8.42 Å². The minimum atomic E-state index is -3.85. The van der Waals surface area contributed by atoms with E-state index in [1.54, 1.807) is 36.1 Å². The number of carbonyl (C=O) groups is 1. The maximum Gasteiger partial charge on any atom is 0.261 e. The van der Waals surface area contributed by atoms with Gasteiger partial charge in [-0.15, -0.1) is 0 Å². The number of amides is 1. The molecule has 144 valence electrons. The van der Waals surface area contributed by atoms with Crippen LogP contribution in [0.15, 0.2) is 41.3 Å². The van der Waals surface area contributed by atoms with Gasteiger partial charge in [-0.05, 0) is 49.2 Å². The van der Waals surface area contributed by atoms with E-state index in [4.69, 9.17) is 16.3 Å². The summed E-state index contributed by atoms with van der Waals surface area (Å²) >= 11 is 6.07. The Morgan fingerprint density at radius 2 is 1.74 bits per heavy atom. The van der Waals surface area contributed by atoms with Gasteiger partial charge < -0.3 is 9.64 Å². The Bertz CT molecular complexity index is 970. The van der Waals surface area contributed by atoms with Crippen LogP contribution in [0.2, 0.25) is 5.02 Å². The Kier molecular flexibility index (Phi) is 5.74. The third-order valence-corrected chi connectivity index (χ3v) is 6.26. The van der Waals surface area contributed by atoms with Gasteiger partial charge in [0.2, 0.25) is 0 Å². The Labute approximate surface area is 164 Å². The van der Waals surface area contributed by atoms with Crippen molar-refractivity contribution >= 4 is 33.2 Å². The van der Waals surface area contributed by atoms with Crippen LogP contribution in [-0.4, -0.2) is 45.5 Å². The summed E-state index contributed by atoms with van der Waals surface area (Å²) in [5.74, 6) is -0.189. The number of aryl methyl sites for hydroxylation is 2. The second-order valence-electron chi connectivity index (χ2n) is 6.45. The standard InChI is InChI=1S/C19H21ClN2O4S/c1-13-4-6-16(12-17(13)19(23)22-7-9-26-10-8-22)27(24,25)21-15-5-3-14(2)18(20)11-15/h3-6,11-12,21H,7-10H2,1-2H3. The molecule has 0 saturated carbocycles. The summed E-state index contributed by atoms with van der Waals surface area (Å²) in [4.78, 5) is 14.5. The van der Waals surface area contributed by atoms with E-state index in [-0.39, 0.29) is 10.8 Å². The van der Waals surface area contributed by atoms with E-state index in [0.717, 1.165) is 11.1 Å². The third kappa shape index (κ3) is 4.43. The number of nitrogens with one attached hydrogen (secondary N) is 1.